The Labute approximate surface area is 73.4 Å². The number of ether oxygens (including phenoxy) is 2. The van der Waals surface area contributed by atoms with E-state index < -0.39 is 0 Å². The lowest BCUT2D eigenvalue weighted by Gasteiger charge is -2.30. The Morgan fingerprint density at radius 2 is 2.17 bits per heavy atom. The Balaban J connectivity index is 1.85. The summed E-state index contributed by atoms with van der Waals surface area (Å²) in [5, 5.41) is 3.33. The topological polar surface area (TPSA) is 30.5 Å². The third-order valence-electron chi connectivity index (χ3n) is 2.71. The first-order valence-corrected chi connectivity index (χ1v) is 4.78. The van der Waals surface area contributed by atoms with Gasteiger partial charge in [-0.2, -0.15) is 0 Å². The second kappa shape index (κ2) is 3.73. The van der Waals surface area contributed by atoms with E-state index in [1.165, 1.54) is 12.8 Å². The molecule has 1 aliphatic carbocycles. The lowest BCUT2D eigenvalue weighted by molar-refractivity contribution is -0.103. The highest BCUT2D eigenvalue weighted by Gasteiger charge is 2.36. The summed E-state index contributed by atoms with van der Waals surface area (Å²) in [6.45, 7) is 2.29. The maximum atomic E-state index is 5.64. The number of nitrogens with one attached hydrogen (secondary N) is 1. The van der Waals surface area contributed by atoms with Crippen LogP contribution in [0.5, 0.6) is 0 Å². The van der Waals surface area contributed by atoms with Crippen LogP contribution in [0.1, 0.15) is 12.8 Å². The maximum Gasteiger partial charge on any atom is 0.0964 e. The minimum atomic E-state index is 0.288. The maximum absolute atomic E-state index is 5.64. The van der Waals surface area contributed by atoms with Crippen LogP contribution < -0.4 is 5.32 Å². The molecule has 0 aromatic rings. The summed E-state index contributed by atoms with van der Waals surface area (Å²) >= 11 is 0. The van der Waals surface area contributed by atoms with E-state index >= 15 is 0 Å². The molecule has 0 aromatic heterocycles. The number of rotatable bonds is 3. The molecular formula is C9H17NO2. The Morgan fingerprint density at radius 3 is 2.67 bits per heavy atom. The molecule has 3 nitrogen and oxygen atoms in total. The van der Waals surface area contributed by atoms with Crippen molar-refractivity contribution in [2.45, 2.75) is 25.0 Å². The molecule has 0 aromatic carbocycles. The van der Waals surface area contributed by atoms with Crippen LogP contribution in [-0.4, -0.2) is 39.0 Å². The number of likely N-dealkylation sites (N-methyl/N-ethyl adjacent to an activating group) is 1. The van der Waals surface area contributed by atoms with Crippen LogP contribution in [0.4, 0.5) is 0 Å². The zero-order valence-electron chi connectivity index (χ0n) is 7.58. The minimum absolute atomic E-state index is 0.288. The summed E-state index contributed by atoms with van der Waals surface area (Å²) in [7, 11) is 2.01. The molecule has 2 aliphatic rings. The average molecular weight is 171 g/mol. The normalized spacial score (nSPS) is 33.2. The lowest BCUT2D eigenvalue weighted by atomic mass is 10.1. The standard InChI is InChI=1S/C9H17NO2/c1-10-9(7-2-3-7)8-6-11-4-5-12-8/h7-10H,2-6H2,1H3. The predicted octanol–water partition coefficient (Wildman–Crippen LogP) is 0.400. The van der Waals surface area contributed by atoms with E-state index in [1.807, 2.05) is 7.05 Å². The molecule has 1 saturated carbocycles. The van der Waals surface area contributed by atoms with Gasteiger partial charge in [0, 0.05) is 6.04 Å². The second-order valence-electron chi connectivity index (χ2n) is 3.64. The molecular weight excluding hydrogens is 154 g/mol. The van der Waals surface area contributed by atoms with Crippen molar-refractivity contribution in [2.24, 2.45) is 5.92 Å². The third kappa shape index (κ3) is 1.79. The van der Waals surface area contributed by atoms with Crippen molar-refractivity contribution >= 4 is 0 Å². The molecule has 1 saturated heterocycles. The van der Waals surface area contributed by atoms with Gasteiger partial charge >= 0.3 is 0 Å². The quantitative estimate of drug-likeness (QED) is 0.666. The van der Waals surface area contributed by atoms with Gasteiger partial charge in [0.1, 0.15) is 0 Å². The zero-order chi connectivity index (χ0) is 8.39. The molecule has 12 heavy (non-hydrogen) atoms. The predicted molar refractivity (Wildman–Crippen MR) is 46.1 cm³/mol. The zero-order valence-corrected chi connectivity index (χ0v) is 7.58. The molecule has 3 heteroatoms. The number of hydrogen-bond donors (Lipinski definition) is 1. The van der Waals surface area contributed by atoms with Crippen molar-refractivity contribution < 1.29 is 9.47 Å². The fraction of sp³-hybridized carbons (Fsp3) is 1.00. The van der Waals surface area contributed by atoms with Gasteiger partial charge in [0.15, 0.2) is 0 Å². The number of hydrogen-bond acceptors (Lipinski definition) is 3. The highest BCUT2D eigenvalue weighted by molar-refractivity contribution is 4.91. The van der Waals surface area contributed by atoms with E-state index in [1.54, 1.807) is 0 Å². The Hall–Kier alpha value is -0.120. The van der Waals surface area contributed by atoms with Crippen LogP contribution in [0.3, 0.4) is 0 Å². The SMILES string of the molecule is CNC(C1CC1)C1COCCO1. The van der Waals surface area contributed by atoms with Crippen molar-refractivity contribution in [1.82, 2.24) is 5.32 Å². The summed E-state index contributed by atoms with van der Waals surface area (Å²) in [5.41, 5.74) is 0. The molecule has 1 heterocycles. The highest BCUT2D eigenvalue weighted by Crippen LogP contribution is 2.34. The van der Waals surface area contributed by atoms with Gasteiger partial charge in [-0.3, -0.25) is 0 Å². The van der Waals surface area contributed by atoms with Crippen LogP contribution in [0.15, 0.2) is 0 Å². The van der Waals surface area contributed by atoms with Gasteiger partial charge in [-0.1, -0.05) is 0 Å². The molecule has 1 aliphatic heterocycles. The monoisotopic (exact) mass is 171 g/mol. The highest BCUT2D eigenvalue weighted by atomic mass is 16.6. The van der Waals surface area contributed by atoms with Crippen molar-refractivity contribution in [3.05, 3.63) is 0 Å². The summed E-state index contributed by atoms with van der Waals surface area (Å²) in [4.78, 5) is 0. The molecule has 2 rings (SSSR count). The van der Waals surface area contributed by atoms with Crippen molar-refractivity contribution in [1.29, 1.82) is 0 Å². The lowest BCUT2D eigenvalue weighted by Crippen LogP contribution is -2.46. The first kappa shape index (κ1) is 8.48. The fourth-order valence-electron chi connectivity index (χ4n) is 1.89. The Morgan fingerprint density at radius 1 is 1.33 bits per heavy atom. The van der Waals surface area contributed by atoms with Gasteiger partial charge in [-0.15, -0.1) is 0 Å². The molecule has 1 N–H and O–H groups in total. The molecule has 70 valence electrons. The third-order valence-corrected chi connectivity index (χ3v) is 2.71. The molecule has 2 unspecified atom stereocenters. The molecule has 2 fully saturated rings. The first-order chi connectivity index (χ1) is 5.92. The van der Waals surface area contributed by atoms with E-state index in [0.29, 0.717) is 6.04 Å². The minimum Gasteiger partial charge on any atom is -0.376 e. The van der Waals surface area contributed by atoms with Crippen LogP contribution in [-0.2, 0) is 9.47 Å². The van der Waals surface area contributed by atoms with Gasteiger partial charge in [0.2, 0.25) is 0 Å². The van der Waals surface area contributed by atoms with Crippen molar-refractivity contribution in [3.63, 3.8) is 0 Å². The van der Waals surface area contributed by atoms with E-state index in [9.17, 15) is 0 Å². The fourth-order valence-corrected chi connectivity index (χ4v) is 1.89. The Bertz CT molecular complexity index is 141. The molecule has 2 atom stereocenters. The van der Waals surface area contributed by atoms with E-state index in [0.717, 1.165) is 25.7 Å². The van der Waals surface area contributed by atoms with Crippen LogP contribution in [0.25, 0.3) is 0 Å². The molecule has 0 amide bonds. The molecule has 0 bridgehead atoms. The molecule has 0 radical (unpaired) electrons. The summed E-state index contributed by atoms with van der Waals surface area (Å²) in [5.74, 6) is 0.835. The van der Waals surface area contributed by atoms with Gasteiger partial charge in [-0.25, -0.2) is 0 Å². The largest absolute Gasteiger partial charge is 0.376 e. The van der Waals surface area contributed by atoms with Crippen LogP contribution >= 0.6 is 0 Å². The first-order valence-electron chi connectivity index (χ1n) is 4.78. The van der Waals surface area contributed by atoms with Crippen molar-refractivity contribution in [2.75, 3.05) is 26.9 Å². The van der Waals surface area contributed by atoms with Gasteiger partial charge in [0.05, 0.1) is 25.9 Å². The Kier molecular flexibility index (Phi) is 2.63. The van der Waals surface area contributed by atoms with Gasteiger partial charge < -0.3 is 14.8 Å². The summed E-state index contributed by atoms with van der Waals surface area (Å²) < 4.78 is 11.0. The van der Waals surface area contributed by atoms with Crippen LogP contribution in [0.2, 0.25) is 0 Å². The molecule has 0 spiro atoms. The van der Waals surface area contributed by atoms with E-state index in [4.69, 9.17) is 9.47 Å². The summed E-state index contributed by atoms with van der Waals surface area (Å²) in [6.07, 6.45) is 2.99. The van der Waals surface area contributed by atoms with E-state index in [-0.39, 0.29) is 6.10 Å². The van der Waals surface area contributed by atoms with Gasteiger partial charge in [-0.05, 0) is 25.8 Å². The average Bonchev–Trinajstić information content (AvgIpc) is 2.92. The van der Waals surface area contributed by atoms with E-state index in [2.05, 4.69) is 5.32 Å². The van der Waals surface area contributed by atoms with Crippen LogP contribution in [0, 0.1) is 5.92 Å². The summed E-state index contributed by atoms with van der Waals surface area (Å²) in [6, 6.07) is 0.519. The second-order valence-corrected chi connectivity index (χ2v) is 3.64. The van der Waals surface area contributed by atoms with Gasteiger partial charge in [0.25, 0.3) is 0 Å². The van der Waals surface area contributed by atoms with Crippen molar-refractivity contribution in [3.8, 4) is 0 Å². The smallest absolute Gasteiger partial charge is 0.0964 e.